The number of hydrogen-bond donors (Lipinski definition) is 2. The molecule has 0 radical (unpaired) electrons. The van der Waals surface area contributed by atoms with Crippen LogP contribution in [0.5, 0.6) is 0 Å². The van der Waals surface area contributed by atoms with Gasteiger partial charge >= 0.3 is 11.7 Å². The standard InChI is InChI=1S/C22H28N6O7/c1-14(2)11-28-19(23)18(20(30)25-22(28)32)27(9-10-33-3)17(29)13-34-21(31)16-6-5-15(35-16)12-26-8-4-7-24-26/h4-8,14H,9-13,23H2,1-3H3,(H,25,30,32). The summed E-state index contributed by atoms with van der Waals surface area (Å²) in [5.74, 6) is -1.33. The van der Waals surface area contributed by atoms with E-state index in [-0.39, 0.29) is 42.9 Å². The zero-order valence-electron chi connectivity index (χ0n) is 19.7. The van der Waals surface area contributed by atoms with Crippen molar-refractivity contribution in [2.24, 2.45) is 5.92 Å². The van der Waals surface area contributed by atoms with Crippen molar-refractivity contribution in [3.8, 4) is 0 Å². The second-order valence-electron chi connectivity index (χ2n) is 8.08. The third-order valence-corrected chi connectivity index (χ3v) is 4.92. The third kappa shape index (κ3) is 6.26. The Hall–Kier alpha value is -4.13. The predicted octanol–water partition coefficient (Wildman–Crippen LogP) is 0.449. The lowest BCUT2D eigenvalue weighted by Gasteiger charge is -2.24. The first-order chi connectivity index (χ1) is 16.7. The Balaban J connectivity index is 1.76. The van der Waals surface area contributed by atoms with E-state index in [0.29, 0.717) is 12.3 Å². The summed E-state index contributed by atoms with van der Waals surface area (Å²) in [6.45, 7) is 3.61. The van der Waals surface area contributed by atoms with E-state index in [1.54, 1.807) is 29.2 Å². The lowest BCUT2D eigenvalue weighted by atomic mass is 10.2. The smallest absolute Gasteiger partial charge is 0.374 e. The fourth-order valence-corrected chi connectivity index (χ4v) is 3.33. The van der Waals surface area contributed by atoms with Gasteiger partial charge in [0.15, 0.2) is 12.3 Å². The van der Waals surface area contributed by atoms with Gasteiger partial charge in [-0.2, -0.15) is 5.10 Å². The highest BCUT2D eigenvalue weighted by molar-refractivity contribution is 5.98. The molecule has 1 amide bonds. The van der Waals surface area contributed by atoms with Crippen molar-refractivity contribution >= 4 is 23.4 Å². The Kier molecular flexibility index (Phi) is 8.25. The van der Waals surface area contributed by atoms with Crippen LogP contribution in [0, 0.1) is 5.92 Å². The molecule has 0 saturated heterocycles. The summed E-state index contributed by atoms with van der Waals surface area (Å²) >= 11 is 0. The van der Waals surface area contributed by atoms with Crippen LogP contribution >= 0.6 is 0 Å². The first-order valence-electron chi connectivity index (χ1n) is 10.9. The first kappa shape index (κ1) is 25.5. The zero-order chi connectivity index (χ0) is 25.5. The quantitative estimate of drug-likeness (QED) is 0.364. The van der Waals surface area contributed by atoms with Gasteiger partial charge in [0.05, 0.1) is 13.2 Å². The highest BCUT2D eigenvalue weighted by atomic mass is 16.5. The molecule has 13 nitrogen and oxygen atoms in total. The maximum Gasteiger partial charge on any atom is 0.374 e. The molecule has 0 aliphatic heterocycles. The Bertz CT molecular complexity index is 1270. The van der Waals surface area contributed by atoms with Crippen LogP contribution in [-0.4, -0.2) is 58.1 Å². The molecule has 3 N–H and O–H groups in total. The highest BCUT2D eigenvalue weighted by Gasteiger charge is 2.26. The molecule has 35 heavy (non-hydrogen) atoms. The minimum Gasteiger partial charge on any atom is -0.452 e. The molecule has 0 saturated carbocycles. The fourth-order valence-electron chi connectivity index (χ4n) is 3.33. The predicted molar refractivity (Wildman–Crippen MR) is 125 cm³/mol. The van der Waals surface area contributed by atoms with Crippen LogP contribution in [0.25, 0.3) is 0 Å². The van der Waals surface area contributed by atoms with E-state index in [2.05, 4.69) is 10.1 Å². The number of aromatic amines is 1. The van der Waals surface area contributed by atoms with Gasteiger partial charge in [-0.15, -0.1) is 0 Å². The summed E-state index contributed by atoms with van der Waals surface area (Å²) in [6, 6.07) is 4.79. The maximum atomic E-state index is 13.0. The van der Waals surface area contributed by atoms with Crippen molar-refractivity contribution in [2.45, 2.75) is 26.9 Å². The van der Waals surface area contributed by atoms with E-state index in [4.69, 9.17) is 19.6 Å². The van der Waals surface area contributed by atoms with Crippen molar-refractivity contribution in [3.05, 3.63) is 63.0 Å². The molecule has 3 rings (SSSR count). The number of esters is 1. The van der Waals surface area contributed by atoms with E-state index < -0.39 is 29.7 Å². The normalized spacial score (nSPS) is 11.1. The van der Waals surface area contributed by atoms with Crippen LogP contribution in [-0.2, 0) is 27.4 Å². The zero-order valence-corrected chi connectivity index (χ0v) is 19.7. The summed E-state index contributed by atoms with van der Waals surface area (Å²) in [5.41, 5.74) is 4.39. The summed E-state index contributed by atoms with van der Waals surface area (Å²) in [6.07, 6.45) is 3.36. The monoisotopic (exact) mass is 488 g/mol. The Morgan fingerprint density at radius 3 is 2.71 bits per heavy atom. The van der Waals surface area contributed by atoms with Gasteiger partial charge in [0.1, 0.15) is 11.6 Å². The molecule has 0 aliphatic rings. The number of anilines is 2. The number of nitrogen functional groups attached to an aromatic ring is 1. The molecule has 0 aliphatic carbocycles. The number of carbonyl (C=O) groups is 2. The number of hydrogen-bond acceptors (Lipinski definition) is 9. The van der Waals surface area contributed by atoms with Crippen molar-refractivity contribution in [3.63, 3.8) is 0 Å². The molecule has 3 aromatic rings. The minimum absolute atomic E-state index is 0.0457. The number of methoxy groups -OCH3 is 1. The summed E-state index contributed by atoms with van der Waals surface area (Å²) in [5, 5.41) is 4.06. The number of nitrogens with two attached hydrogens (primary N) is 1. The molecule has 188 valence electrons. The molecule has 0 spiro atoms. The van der Waals surface area contributed by atoms with Crippen molar-refractivity contribution < 1.29 is 23.5 Å². The first-order valence-corrected chi connectivity index (χ1v) is 10.9. The average Bonchev–Trinajstić information content (AvgIpc) is 3.49. The van der Waals surface area contributed by atoms with Crippen molar-refractivity contribution in [1.29, 1.82) is 0 Å². The number of carbonyl (C=O) groups excluding carboxylic acids is 2. The number of nitrogens with zero attached hydrogens (tertiary/aromatic N) is 4. The minimum atomic E-state index is -0.858. The summed E-state index contributed by atoms with van der Waals surface area (Å²) < 4.78 is 18.4. The van der Waals surface area contributed by atoms with Crippen LogP contribution in [0.3, 0.4) is 0 Å². The Morgan fingerprint density at radius 2 is 2.06 bits per heavy atom. The summed E-state index contributed by atoms with van der Waals surface area (Å²) in [7, 11) is 1.42. The molecule has 0 aromatic carbocycles. The Labute approximate surface area is 200 Å². The van der Waals surface area contributed by atoms with Gasteiger partial charge in [-0.25, -0.2) is 9.59 Å². The number of ether oxygens (including phenoxy) is 2. The van der Waals surface area contributed by atoms with Crippen LogP contribution in [0.15, 0.2) is 44.6 Å². The van der Waals surface area contributed by atoms with Gasteiger partial charge in [0.25, 0.3) is 11.5 Å². The molecule has 0 unspecified atom stereocenters. The lowest BCUT2D eigenvalue weighted by molar-refractivity contribution is -0.121. The molecule has 13 heteroatoms. The third-order valence-electron chi connectivity index (χ3n) is 4.92. The van der Waals surface area contributed by atoms with E-state index in [9.17, 15) is 19.2 Å². The molecular formula is C22H28N6O7. The van der Waals surface area contributed by atoms with Gasteiger partial charge in [-0.05, 0) is 24.1 Å². The van der Waals surface area contributed by atoms with Gasteiger partial charge in [-0.1, -0.05) is 13.8 Å². The van der Waals surface area contributed by atoms with E-state index in [1.807, 2.05) is 13.8 Å². The van der Waals surface area contributed by atoms with Crippen LogP contribution in [0.2, 0.25) is 0 Å². The maximum absolute atomic E-state index is 13.0. The molecule has 0 atom stereocenters. The molecule has 3 heterocycles. The average molecular weight is 489 g/mol. The molecule has 0 fully saturated rings. The Morgan fingerprint density at radius 1 is 1.29 bits per heavy atom. The molecule has 3 aromatic heterocycles. The number of amides is 1. The largest absolute Gasteiger partial charge is 0.452 e. The van der Waals surface area contributed by atoms with Gasteiger partial charge in [-0.3, -0.25) is 28.7 Å². The van der Waals surface area contributed by atoms with Gasteiger partial charge < -0.3 is 19.6 Å². The van der Waals surface area contributed by atoms with Crippen molar-refractivity contribution in [1.82, 2.24) is 19.3 Å². The second kappa shape index (κ2) is 11.3. The van der Waals surface area contributed by atoms with E-state index in [0.717, 1.165) is 4.90 Å². The van der Waals surface area contributed by atoms with Gasteiger partial charge in [0, 0.05) is 32.6 Å². The number of H-pyrrole nitrogens is 1. The van der Waals surface area contributed by atoms with Crippen molar-refractivity contribution in [2.75, 3.05) is 37.5 Å². The number of aromatic nitrogens is 4. The molecular weight excluding hydrogens is 460 g/mol. The SMILES string of the molecule is COCCN(C(=O)COC(=O)c1ccc(Cn2cccn2)o1)c1c(N)n(CC(C)C)c(=O)[nH]c1=O. The number of rotatable bonds is 11. The summed E-state index contributed by atoms with van der Waals surface area (Å²) in [4.78, 5) is 53.4. The number of nitrogens with one attached hydrogen (secondary N) is 1. The van der Waals surface area contributed by atoms with Crippen LogP contribution in [0.1, 0.15) is 30.2 Å². The van der Waals surface area contributed by atoms with Gasteiger partial charge in [0.2, 0.25) is 5.76 Å². The fraction of sp³-hybridized carbons (Fsp3) is 0.409. The van der Waals surface area contributed by atoms with E-state index >= 15 is 0 Å². The highest BCUT2D eigenvalue weighted by Crippen LogP contribution is 2.18. The topological polar surface area (TPSA) is 168 Å². The number of furan rings is 1. The lowest BCUT2D eigenvalue weighted by Crippen LogP contribution is -2.44. The molecule has 0 bridgehead atoms. The van der Waals surface area contributed by atoms with Crippen LogP contribution in [0.4, 0.5) is 11.5 Å². The second-order valence-corrected chi connectivity index (χ2v) is 8.08. The van der Waals surface area contributed by atoms with E-state index in [1.165, 1.54) is 17.7 Å². The van der Waals surface area contributed by atoms with Crippen LogP contribution < -0.4 is 21.9 Å².